The highest BCUT2D eigenvalue weighted by Crippen LogP contribution is 2.31. The summed E-state index contributed by atoms with van der Waals surface area (Å²) < 4.78 is 134. The van der Waals surface area contributed by atoms with Crippen LogP contribution >= 0.6 is 23.2 Å². The van der Waals surface area contributed by atoms with E-state index in [1.165, 1.54) is 29.8 Å². The number of hydrogen-bond donors (Lipinski definition) is 4. The fraction of sp³-hybridized carbons (Fsp3) is 0.200. The molecule has 0 aliphatic carbocycles. The number of amides is 2. The van der Waals surface area contributed by atoms with Crippen LogP contribution in [-0.4, -0.2) is 77.7 Å². The quantitative estimate of drug-likeness (QED) is 0.146. The number of carboxylic acid groups (broad SMARTS) is 1. The van der Waals surface area contributed by atoms with Gasteiger partial charge in [0.25, 0.3) is 10.0 Å². The van der Waals surface area contributed by atoms with Crippen molar-refractivity contribution in [3.05, 3.63) is 74.4 Å². The first-order valence-electron chi connectivity index (χ1n) is 13.4. The van der Waals surface area contributed by atoms with Crippen LogP contribution in [0, 0.1) is 6.92 Å². The molecule has 0 unspecified atom stereocenters. The summed E-state index contributed by atoms with van der Waals surface area (Å²) in [5.41, 5.74) is -1.92. The van der Waals surface area contributed by atoms with Crippen LogP contribution in [0.3, 0.4) is 0 Å². The van der Waals surface area contributed by atoms with Crippen LogP contribution in [0.4, 0.5) is 42.8 Å². The molecule has 0 fully saturated rings. The Balaban J connectivity index is 0.000000295. The molecule has 0 saturated carbocycles. The third-order valence-electron chi connectivity index (χ3n) is 5.69. The normalized spacial score (nSPS) is 11.6. The second-order valence-electron chi connectivity index (χ2n) is 9.53. The SMILES string of the molecule is Cc1nn(-c2cc(NS(C)(=O)=O)c(Cl)cc2Cl)c(=O)n1C(F)F.O=C(Nc1nc(OC(F)F)cc(OC(F)F)n1)NS(=O)(=O)c1ccccc1C(=O)O. The maximum Gasteiger partial charge on any atom is 0.388 e. The minimum absolute atomic E-state index is 0.0257. The van der Waals surface area contributed by atoms with Crippen LogP contribution < -0.4 is 29.9 Å². The third-order valence-corrected chi connectivity index (χ3v) is 8.29. The minimum Gasteiger partial charge on any atom is -0.478 e. The fourth-order valence-corrected chi connectivity index (χ4v) is 6.02. The monoisotopic (exact) mass is 840 g/mol. The third kappa shape index (κ3) is 11.6. The molecule has 0 saturated heterocycles. The van der Waals surface area contributed by atoms with Gasteiger partial charge in [-0.25, -0.2) is 40.5 Å². The van der Waals surface area contributed by atoms with Gasteiger partial charge in [-0.15, -0.1) is 5.10 Å². The molecule has 4 aromatic rings. The van der Waals surface area contributed by atoms with Crippen LogP contribution in [-0.2, 0) is 20.0 Å². The van der Waals surface area contributed by atoms with Crippen molar-refractivity contribution in [3.8, 4) is 17.4 Å². The summed E-state index contributed by atoms with van der Waals surface area (Å²) in [5.74, 6) is -4.68. The van der Waals surface area contributed by atoms with E-state index in [1.54, 1.807) is 5.32 Å². The van der Waals surface area contributed by atoms with E-state index >= 15 is 0 Å². The Morgan fingerprint density at radius 1 is 0.906 bits per heavy atom. The van der Waals surface area contributed by atoms with Crippen LogP contribution in [0.5, 0.6) is 11.8 Å². The molecule has 53 heavy (non-hydrogen) atoms. The maximum absolute atomic E-state index is 12.8. The molecule has 28 heteroatoms. The number of carbonyl (C=O) groups excluding carboxylic acids is 1. The number of rotatable bonds is 12. The Morgan fingerprint density at radius 3 is 1.96 bits per heavy atom. The van der Waals surface area contributed by atoms with Crippen LogP contribution in [0.2, 0.25) is 10.0 Å². The Bertz CT molecular complexity index is 2270. The van der Waals surface area contributed by atoms with Crippen molar-refractivity contribution < 1.29 is 67.3 Å². The summed E-state index contributed by atoms with van der Waals surface area (Å²) in [6.45, 7) is -8.66. The fourth-order valence-electron chi connectivity index (χ4n) is 3.78. The highest BCUT2D eigenvalue weighted by molar-refractivity contribution is 7.92. The van der Waals surface area contributed by atoms with Crippen LogP contribution in [0.15, 0.2) is 52.2 Å². The lowest BCUT2D eigenvalue weighted by Crippen LogP contribution is -2.35. The smallest absolute Gasteiger partial charge is 0.388 e. The molecular formula is C25H20Cl2F6N8O10S2. The van der Waals surface area contributed by atoms with Gasteiger partial charge in [0, 0.05) is 0 Å². The van der Waals surface area contributed by atoms with Gasteiger partial charge >= 0.3 is 37.5 Å². The standard InChI is InChI=1S/C14H10F4N4O7S.C11H10Cl2F2N4O3S/c15-11(16)28-8-5-9(29-12(17)18)20-13(19-8)21-14(25)22-30(26,27)7-4-2-1-3-6(7)10(23)24;1-5-16-19(11(20)18(5)10(14)15)9-4-8(17-23(2,21)22)6(12)3-7(9)13/h1-5,11-12H,(H,23,24)(H2,19,20,21,22,25);3-4,10,17H,1-2H3. The predicted molar refractivity (Wildman–Crippen MR) is 170 cm³/mol. The van der Waals surface area contributed by atoms with E-state index in [4.69, 9.17) is 28.3 Å². The summed E-state index contributed by atoms with van der Waals surface area (Å²) in [6, 6.07) is 5.54. The van der Waals surface area contributed by atoms with Crippen molar-refractivity contribution in [1.29, 1.82) is 0 Å². The second-order valence-corrected chi connectivity index (χ2v) is 13.7. The van der Waals surface area contributed by atoms with Gasteiger partial charge in [0.15, 0.2) is 0 Å². The van der Waals surface area contributed by atoms with E-state index in [9.17, 15) is 57.6 Å². The average Bonchev–Trinajstić information content (AvgIpc) is 3.30. The largest absolute Gasteiger partial charge is 0.478 e. The lowest BCUT2D eigenvalue weighted by molar-refractivity contribution is -0.0579. The number of urea groups is 1. The zero-order chi connectivity index (χ0) is 40.0. The molecule has 2 aromatic heterocycles. The Hall–Kier alpha value is -5.34. The van der Waals surface area contributed by atoms with Crippen molar-refractivity contribution in [2.24, 2.45) is 0 Å². The van der Waals surface area contributed by atoms with Crippen molar-refractivity contribution in [1.82, 2.24) is 29.0 Å². The first kappa shape index (κ1) is 42.1. The van der Waals surface area contributed by atoms with E-state index in [2.05, 4.69) is 29.3 Å². The molecule has 4 rings (SSSR count). The molecule has 0 aliphatic heterocycles. The number of nitrogens with zero attached hydrogens (tertiary/aromatic N) is 5. The van der Waals surface area contributed by atoms with Crippen molar-refractivity contribution in [3.63, 3.8) is 0 Å². The van der Waals surface area contributed by atoms with Gasteiger partial charge < -0.3 is 14.6 Å². The van der Waals surface area contributed by atoms with Gasteiger partial charge in [-0.05, 0) is 31.2 Å². The topological polar surface area (TPSA) is 243 Å². The summed E-state index contributed by atoms with van der Waals surface area (Å²) in [4.78, 5) is 40.9. The van der Waals surface area contributed by atoms with Gasteiger partial charge in [0.1, 0.15) is 10.7 Å². The number of anilines is 2. The number of alkyl halides is 6. The van der Waals surface area contributed by atoms with Gasteiger partial charge in [0.05, 0.1) is 39.3 Å². The number of sulfonamides is 2. The molecule has 18 nitrogen and oxygen atoms in total. The minimum atomic E-state index is -4.71. The zero-order valence-electron chi connectivity index (χ0n) is 26.0. The van der Waals surface area contributed by atoms with E-state index in [0.717, 1.165) is 24.5 Å². The molecule has 288 valence electrons. The number of aryl methyl sites for hydroxylation is 1. The van der Waals surface area contributed by atoms with E-state index in [-0.39, 0.29) is 31.8 Å². The van der Waals surface area contributed by atoms with E-state index in [1.807, 2.05) is 0 Å². The lowest BCUT2D eigenvalue weighted by Gasteiger charge is -2.11. The molecule has 2 amide bonds. The number of benzene rings is 2. The molecule has 0 aliphatic rings. The number of carboxylic acids is 1. The Morgan fingerprint density at radius 2 is 1.47 bits per heavy atom. The number of ether oxygens (including phenoxy) is 2. The van der Waals surface area contributed by atoms with E-state index < -0.39 is 85.7 Å². The molecule has 0 atom stereocenters. The molecular weight excluding hydrogens is 821 g/mol. The number of aromatic carboxylic acids is 1. The number of carbonyl (C=O) groups is 2. The highest BCUT2D eigenvalue weighted by atomic mass is 35.5. The molecule has 0 spiro atoms. The number of nitrogens with one attached hydrogen (secondary N) is 3. The lowest BCUT2D eigenvalue weighted by atomic mass is 10.2. The maximum atomic E-state index is 12.8. The van der Waals surface area contributed by atoms with Gasteiger partial charge in [-0.3, -0.25) is 10.0 Å². The molecule has 2 aromatic carbocycles. The number of aromatic nitrogens is 5. The predicted octanol–water partition coefficient (Wildman–Crippen LogP) is 4.30. The summed E-state index contributed by atoms with van der Waals surface area (Å²) in [5, 5.41) is 14.4. The van der Waals surface area contributed by atoms with Crippen molar-refractivity contribution in [2.75, 3.05) is 16.3 Å². The molecule has 2 heterocycles. The first-order valence-corrected chi connectivity index (χ1v) is 17.5. The van der Waals surface area contributed by atoms with Crippen LogP contribution in [0.25, 0.3) is 5.69 Å². The molecule has 0 radical (unpaired) electrons. The first-order chi connectivity index (χ1) is 24.5. The van der Waals surface area contributed by atoms with Crippen molar-refractivity contribution in [2.45, 2.75) is 31.6 Å². The average molecular weight is 842 g/mol. The summed E-state index contributed by atoms with van der Waals surface area (Å²) >= 11 is 11.8. The Kier molecular flexibility index (Phi) is 13.5. The number of hydrogen-bond acceptors (Lipinski definition) is 12. The van der Waals surface area contributed by atoms with Crippen LogP contribution in [0.1, 0.15) is 22.7 Å². The van der Waals surface area contributed by atoms with E-state index in [0.29, 0.717) is 10.7 Å². The molecule has 4 N–H and O–H groups in total. The van der Waals surface area contributed by atoms with Crippen molar-refractivity contribution >= 4 is 66.9 Å². The Labute approximate surface area is 302 Å². The van der Waals surface area contributed by atoms with Gasteiger partial charge in [-0.1, -0.05) is 35.3 Å². The second kappa shape index (κ2) is 17.0. The van der Waals surface area contributed by atoms with Gasteiger partial charge in [0.2, 0.25) is 27.7 Å². The van der Waals surface area contributed by atoms with Gasteiger partial charge in [-0.2, -0.15) is 41.0 Å². The zero-order valence-corrected chi connectivity index (χ0v) is 29.1. The summed E-state index contributed by atoms with van der Waals surface area (Å²) in [7, 11) is -8.36. The number of halogens is 8. The highest BCUT2D eigenvalue weighted by Gasteiger charge is 2.25. The molecule has 0 bridgehead atoms. The summed E-state index contributed by atoms with van der Waals surface area (Å²) in [6.07, 6.45) is 0.902.